The van der Waals surface area contributed by atoms with Gasteiger partial charge in [0.25, 0.3) is 5.91 Å². The average Bonchev–Trinajstić information content (AvgIpc) is 2.92. The lowest BCUT2D eigenvalue weighted by Gasteiger charge is -2.34. The molecule has 3 rings (SSSR count). The van der Waals surface area contributed by atoms with Crippen LogP contribution in [0, 0.1) is 11.7 Å². The highest BCUT2D eigenvalue weighted by atomic mass is 19.1. The standard InChI is InChI=1S/C21H27FN4O2/c1-15(2)19-14-26(20(27)17-11-23-21(28-3)24-12-17)10-4-9-25(19)13-16-5-7-18(22)8-6-16/h5-8,11-12,15,19H,4,9-10,13-14H2,1-3H3. The summed E-state index contributed by atoms with van der Waals surface area (Å²) >= 11 is 0. The van der Waals surface area contributed by atoms with Gasteiger partial charge in [-0.3, -0.25) is 9.69 Å². The number of halogens is 1. The molecule has 1 aromatic carbocycles. The van der Waals surface area contributed by atoms with Crippen LogP contribution in [0.15, 0.2) is 36.7 Å². The molecule has 2 heterocycles. The number of methoxy groups -OCH3 is 1. The fraction of sp³-hybridized carbons (Fsp3) is 0.476. The first-order chi connectivity index (χ1) is 13.5. The van der Waals surface area contributed by atoms with E-state index in [1.54, 1.807) is 0 Å². The van der Waals surface area contributed by atoms with Crippen molar-refractivity contribution in [3.8, 4) is 6.01 Å². The summed E-state index contributed by atoms with van der Waals surface area (Å²) in [6.07, 6.45) is 3.91. The normalized spacial score (nSPS) is 18.2. The number of carbonyl (C=O) groups excluding carboxylic acids is 1. The fourth-order valence-electron chi connectivity index (χ4n) is 3.62. The highest BCUT2D eigenvalue weighted by molar-refractivity contribution is 5.93. The Morgan fingerprint density at radius 3 is 2.50 bits per heavy atom. The predicted octanol–water partition coefficient (Wildman–Crippen LogP) is 3.00. The second kappa shape index (κ2) is 9.10. The minimum Gasteiger partial charge on any atom is -0.467 e. The van der Waals surface area contributed by atoms with Crippen LogP contribution in [-0.4, -0.2) is 58.5 Å². The average molecular weight is 386 g/mol. The van der Waals surface area contributed by atoms with E-state index in [1.807, 2.05) is 17.0 Å². The lowest BCUT2D eigenvalue weighted by atomic mass is 10.0. The van der Waals surface area contributed by atoms with E-state index in [2.05, 4.69) is 28.7 Å². The summed E-state index contributed by atoms with van der Waals surface area (Å²) in [5.74, 6) is 0.0939. The number of nitrogens with zero attached hydrogens (tertiary/aromatic N) is 4. The number of aromatic nitrogens is 2. The molecule has 7 heteroatoms. The van der Waals surface area contributed by atoms with Crippen LogP contribution in [0.2, 0.25) is 0 Å². The van der Waals surface area contributed by atoms with Gasteiger partial charge >= 0.3 is 6.01 Å². The van der Waals surface area contributed by atoms with E-state index in [0.717, 1.165) is 25.1 Å². The molecule has 150 valence electrons. The molecule has 28 heavy (non-hydrogen) atoms. The molecular weight excluding hydrogens is 359 g/mol. The Morgan fingerprint density at radius 1 is 1.21 bits per heavy atom. The molecule has 0 spiro atoms. The molecule has 0 saturated carbocycles. The number of hydrogen-bond acceptors (Lipinski definition) is 5. The molecule has 1 fully saturated rings. The highest BCUT2D eigenvalue weighted by Gasteiger charge is 2.30. The third-order valence-electron chi connectivity index (χ3n) is 5.16. The maximum Gasteiger partial charge on any atom is 0.316 e. The molecule has 0 bridgehead atoms. The summed E-state index contributed by atoms with van der Waals surface area (Å²) in [5, 5.41) is 0. The van der Waals surface area contributed by atoms with Gasteiger partial charge in [-0.15, -0.1) is 0 Å². The number of amides is 1. The SMILES string of the molecule is COc1ncc(C(=O)N2CCCN(Cc3ccc(F)cc3)C(C(C)C)C2)cn1. The molecule has 0 aliphatic carbocycles. The number of rotatable bonds is 5. The lowest BCUT2D eigenvalue weighted by molar-refractivity contribution is 0.0701. The van der Waals surface area contributed by atoms with E-state index in [0.29, 0.717) is 24.6 Å². The first-order valence-electron chi connectivity index (χ1n) is 9.61. The molecule has 1 unspecified atom stereocenters. The van der Waals surface area contributed by atoms with Crippen LogP contribution >= 0.6 is 0 Å². The molecule has 1 aromatic heterocycles. The van der Waals surface area contributed by atoms with E-state index in [4.69, 9.17) is 4.74 Å². The van der Waals surface area contributed by atoms with Crippen LogP contribution in [0.1, 0.15) is 36.2 Å². The number of carbonyl (C=O) groups is 1. The van der Waals surface area contributed by atoms with Crippen molar-refractivity contribution in [3.05, 3.63) is 53.6 Å². The van der Waals surface area contributed by atoms with Gasteiger partial charge < -0.3 is 9.64 Å². The Morgan fingerprint density at radius 2 is 1.89 bits per heavy atom. The van der Waals surface area contributed by atoms with Gasteiger partial charge in [-0.2, -0.15) is 0 Å². The van der Waals surface area contributed by atoms with Gasteiger partial charge in [0, 0.05) is 44.6 Å². The van der Waals surface area contributed by atoms with E-state index >= 15 is 0 Å². The predicted molar refractivity (Wildman–Crippen MR) is 105 cm³/mol. The van der Waals surface area contributed by atoms with E-state index in [9.17, 15) is 9.18 Å². The Labute approximate surface area is 165 Å². The quantitative estimate of drug-likeness (QED) is 0.791. The van der Waals surface area contributed by atoms with Crippen molar-refractivity contribution in [1.29, 1.82) is 0 Å². The van der Waals surface area contributed by atoms with Gasteiger partial charge in [-0.25, -0.2) is 14.4 Å². The number of ether oxygens (including phenoxy) is 1. The third kappa shape index (κ3) is 4.84. The highest BCUT2D eigenvalue weighted by Crippen LogP contribution is 2.21. The van der Waals surface area contributed by atoms with E-state index in [1.165, 1.54) is 31.6 Å². The Hall–Kier alpha value is -2.54. The van der Waals surface area contributed by atoms with Crippen LogP contribution in [0.25, 0.3) is 0 Å². The maximum atomic E-state index is 13.2. The van der Waals surface area contributed by atoms with Crippen molar-refractivity contribution >= 4 is 5.91 Å². The molecule has 1 amide bonds. The van der Waals surface area contributed by atoms with Crippen molar-refractivity contribution in [2.75, 3.05) is 26.7 Å². The minimum atomic E-state index is -0.224. The number of hydrogen-bond donors (Lipinski definition) is 0. The first kappa shape index (κ1) is 20.2. The third-order valence-corrected chi connectivity index (χ3v) is 5.16. The van der Waals surface area contributed by atoms with Crippen LogP contribution in [0.3, 0.4) is 0 Å². The molecule has 1 aliphatic rings. The zero-order chi connectivity index (χ0) is 20.1. The summed E-state index contributed by atoms with van der Waals surface area (Å²) in [5.41, 5.74) is 1.55. The fourth-order valence-corrected chi connectivity index (χ4v) is 3.62. The minimum absolute atomic E-state index is 0.0584. The van der Waals surface area contributed by atoms with E-state index < -0.39 is 0 Å². The molecular formula is C21H27FN4O2. The summed E-state index contributed by atoms with van der Waals surface area (Å²) in [6.45, 7) is 7.32. The molecule has 0 N–H and O–H groups in total. The Kier molecular flexibility index (Phi) is 6.57. The topological polar surface area (TPSA) is 58.6 Å². The van der Waals surface area contributed by atoms with Crippen LogP contribution in [0.5, 0.6) is 6.01 Å². The summed E-state index contributed by atoms with van der Waals surface area (Å²) in [6, 6.07) is 7.12. The number of benzene rings is 1. The van der Waals surface area contributed by atoms with Crippen molar-refractivity contribution in [1.82, 2.24) is 19.8 Å². The largest absolute Gasteiger partial charge is 0.467 e. The van der Waals surface area contributed by atoms with Gasteiger partial charge in [0.15, 0.2) is 0 Å². The van der Waals surface area contributed by atoms with Crippen molar-refractivity contribution < 1.29 is 13.9 Å². The van der Waals surface area contributed by atoms with Crippen LogP contribution in [0.4, 0.5) is 4.39 Å². The molecule has 1 saturated heterocycles. The van der Waals surface area contributed by atoms with Crippen LogP contribution < -0.4 is 4.74 Å². The lowest BCUT2D eigenvalue weighted by Crippen LogP contribution is -2.45. The first-order valence-corrected chi connectivity index (χ1v) is 9.61. The summed E-state index contributed by atoms with van der Waals surface area (Å²) < 4.78 is 18.2. The van der Waals surface area contributed by atoms with Gasteiger partial charge in [-0.1, -0.05) is 26.0 Å². The Balaban J connectivity index is 1.74. The smallest absolute Gasteiger partial charge is 0.316 e. The second-order valence-corrected chi connectivity index (χ2v) is 7.47. The summed E-state index contributed by atoms with van der Waals surface area (Å²) in [4.78, 5) is 25.3. The maximum absolute atomic E-state index is 13.2. The monoisotopic (exact) mass is 386 g/mol. The molecule has 1 aliphatic heterocycles. The van der Waals surface area contributed by atoms with Gasteiger partial charge in [0.2, 0.25) is 0 Å². The van der Waals surface area contributed by atoms with Crippen molar-refractivity contribution in [3.63, 3.8) is 0 Å². The molecule has 0 radical (unpaired) electrons. The van der Waals surface area contributed by atoms with Crippen molar-refractivity contribution in [2.45, 2.75) is 32.9 Å². The van der Waals surface area contributed by atoms with Crippen LogP contribution in [-0.2, 0) is 6.54 Å². The van der Waals surface area contributed by atoms with Gasteiger partial charge in [0.05, 0.1) is 12.7 Å². The zero-order valence-corrected chi connectivity index (χ0v) is 16.6. The zero-order valence-electron chi connectivity index (χ0n) is 16.6. The second-order valence-electron chi connectivity index (χ2n) is 7.47. The van der Waals surface area contributed by atoms with Gasteiger partial charge in [-0.05, 0) is 30.0 Å². The van der Waals surface area contributed by atoms with Gasteiger partial charge in [0.1, 0.15) is 5.82 Å². The summed E-state index contributed by atoms with van der Waals surface area (Å²) in [7, 11) is 1.49. The van der Waals surface area contributed by atoms with E-state index in [-0.39, 0.29) is 23.8 Å². The van der Waals surface area contributed by atoms with Crippen molar-refractivity contribution in [2.24, 2.45) is 5.92 Å². The molecule has 1 atom stereocenters. The molecule has 2 aromatic rings. The Bertz CT molecular complexity index is 780. The molecule has 6 nitrogen and oxygen atoms in total.